The van der Waals surface area contributed by atoms with Gasteiger partial charge in [-0.05, 0) is 71.6 Å². The summed E-state index contributed by atoms with van der Waals surface area (Å²) in [6, 6.07) is 13.8. The maximum absolute atomic E-state index is 13.2. The third-order valence-electron chi connectivity index (χ3n) is 3.55. The molecule has 0 amide bonds. The molecule has 0 aliphatic heterocycles. The van der Waals surface area contributed by atoms with Crippen LogP contribution in [0.4, 0.5) is 4.39 Å². The van der Waals surface area contributed by atoms with Crippen molar-refractivity contribution < 1.29 is 4.39 Å². The summed E-state index contributed by atoms with van der Waals surface area (Å²) in [6.45, 7) is 5.13. The molecular weight excluding hydrogens is 317 g/mol. The summed E-state index contributed by atoms with van der Waals surface area (Å²) in [6.07, 6.45) is 0.999. The predicted octanol–water partition coefficient (Wildman–Crippen LogP) is 4.79. The van der Waals surface area contributed by atoms with Crippen LogP contribution in [0.1, 0.15) is 29.7 Å². The monoisotopic (exact) mass is 335 g/mol. The number of hydrogen-bond acceptors (Lipinski definition) is 1. The number of benzene rings is 2. The first-order valence-electron chi connectivity index (χ1n) is 6.81. The van der Waals surface area contributed by atoms with Gasteiger partial charge in [0.25, 0.3) is 0 Å². The van der Waals surface area contributed by atoms with E-state index in [9.17, 15) is 4.39 Å². The normalized spacial score (nSPS) is 12.4. The van der Waals surface area contributed by atoms with Gasteiger partial charge in [-0.15, -0.1) is 0 Å². The molecule has 0 aromatic heterocycles. The first-order valence-corrected chi connectivity index (χ1v) is 7.60. The second-order valence-electron chi connectivity index (χ2n) is 5.03. The van der Waals surface area contributed by atoms with Gasteiger partial charge < -0.3 is 5.32 Å². The van der Waals surface area contributed by atoms with Gasteiger partial charge >= 0.3 is 0 Å². The van der Waals surface area contributed by atoms with Gasteiger partial charge in [0, 0.05) is 6.04 Å². The molecule has 0 spiro atoms. The molecule has 0 aliphatic rings. The van der Waals surface area contributed by atoms with E-state index in [4.69, 9.17) is 0 Å². The fraction of sp³-hybridized carbons (Fsp3) is 0.294. The standard InChI is InChI=1S/C17H19BrFN/c1-12-5-3-4-6-14(12)9-10-20-13(2)15-7-8-17(19)16(18)11-15/h3-8,11,13,20H,9-10H2,1-2H3. The lowest BCUT2D eigenvalue weighted by molar-refractivity contribution is 0.571. The minimum Gasteiger partial charge on any atom is -0.310 e. The molecule has 0 heterocycles. The van der Waals surface area contributed by atoms with E-state index in [2.05, 4.69) is 59.4 Å². The molecule has 106 valence electrons. The van der Waals surface area contributed by atoms with Crippen LogP contribution < -0.4 is 5.32 Å². The van der Waals surface area contributed by atoms with Crippen molar-refractivity contribution in [1.82, 2.24) is 5.32 Å². The van der Waals surface area contributed by atoms with E-state index in [1.54, 1.807) is 0 Å². The van der Waals surface area contributed by atoms with E-state index in [1.807, 2.05) is 12.1 Å². The molecule has 0 fully saturated rings. The summed E-state index contributed by atoms with van der Waals surface area (Å²) in [7, 11) is 0. The van der Waals surface area contributed by atoms with Gasteiger partial charge in [0.15, 0.2) is 0 Å². The highest BCUT2D eigenvalue weighted by Gasteiger charge is 2.07. The van der Waals surface area contributed by atoms with Crippen molar-refractivity contribution in [2.24, 2.45) is 0 Å². The van der Waals surface area contributed by atoms with Crippen LogP contribution >= 0.6 is 15.9 Å². The van der Waals surface area contributed by atoms with Crippen LogP contribution in [0.2, 0.25) is 0 Å². The lowest BCUT2D eigenvalue weighted by Gasteiger charge is -2.15. The van der Waals surface area contributed by atoms with E-state index >= 15 is 0 Å². The van der Waals surface area contributed by atoms with E-state index in [0.29, 0.717) is 4.47 Å². The molecule has 0 saturated heterocycles. The summed E-state index contributed by atoms with van der Waals surface area (Å²) in [5.41, 5.74) is 3.78. The Morgan fingerprint density at radius 2 is 1.95 bits per heavy atom. The Labute approximate surface area is 128 Å². The molecule has 0 saturated carbocycles. The Kier molecular flexibility index (Phi) is 5.32. The van der Waals surface area contributed by atoms with Crippen LogP contribution in [0.5, 0.6) is 0 Å². The fourth-order valence-electron chi connectivity index (χ4n) is 2.21. The zero-order chi connectivity index (χ0) is 14.5. The molecule has 2 rings (SSSR count). The molecule has 20 heavy (non-hydrogen) atoms. The Balaban J connectivity index is 1.90. The van der Waals surface area contributed by atoms with Gasteiger partial charge in [-0.2, -0.15) is 0 Å². The SMILES string of the molecule is Cc1ccccc1CCNC(C)c1ccc(F)c(Br)c1. The van der Waals surface area contributed by atoms with Crippen LogP contribution in [-0.2, 0) is 6.42 Å². The number of halogens is 2. The molecule has 3 heteroatoms. The van der Waals surface area contributed by atoms with Crippen LogP contribution in [0.15, 0.2) is 46.9 Å². The molecule has 0 bridgehead atoms. The van der Waals surface area contributed by atoms with Gasteiger partial charge in [0.05, 0.1) is 4.47 Å². The summed E-state index contributed by atoms with van der Waals surface area (Å²) >= 11 is 3.23. The van der Waals surface area contributed by atoms with Crippen molar-refractivity contribution in [1.29, 1.82) is 0 Å². The molecule has 1 nitrogen and oxygen atoms in total. The molecule has 0 radical (unpaired) electrons. The van der Waals surface area contributed by atoms with E-state index < -0.39 is 0 Å². The van der Waals surface area contributed by atoms with Crippen molar-refractivity contribution in [3.05, 3.63) is 69.4 Å². The minimum absolute atomic E-state index is 0.205. The van der Waals surface area contributed by atoms with Gasteiger partial charge in [-0.3, -0.25) is 0 Å². The highest BCUT2D eigenvalue weighted by Crippen LogP contribution is 2.21. The quantitative estimate of drug-likeness (QED) is 0.828. The average Bonchev–Trinajstić information content (AvgIpc) is 2.44. The van der Waals surface area contributed by atoms with E-state index in [0.717, 1.165) is 18.5 Å². The summed E-state index contributed by atoms with van der Waals surface area (Å²) in [5.74, 6) is -0.221. The number of rotatable bonds is 5. The summed E-state index contributed by atoms with van der Waals surface area (Å²) in [4.78, 5) is 0. The largest absolute Gasteiger partial charge is 0.310 e. The first kappa shape index (κ1) is 15.2. The maximum Gasteiger partial charge on any atom is 0.137 e. The van der Waals surface area contributed by atoms with Crippen molar-refractivity contribution in [2.45, 2.75) is 26.3 Å². The first-order chi connectivity index (χ1) is 9.58. The molecule has 1 unspecified atom stereocenters. The summed E-state index contributed by atoms with van der Waals surface area (Å²) in [5, 5.41) is 3.48. The lowest BCUT2D eigenvalue weighted by Crippen LogP contribution is -2.21. The van der Waals surface area contributed by atoms with E-state index in [-0.39, 0.29) is 11.9 Å². The molecule has 0 aliphatic carbocycles. The molecule has 2 aromatic rings. The van der Waals surface area contributed by atoms with Crippen LogP contribution in [0.25, 0.3) is 0 Å². The zero-order valence-electron chi connectivity index (χ0n) is 11.8. The zero-order valence-corrected chi connectivity index (χ0v) is 13.4. The third kappa shape index (κ3) is 3.90. The second kappa shape index (κ2) is 7.00. The topological polar surface area (TPSA) is 12.0 Å². The van der Waals surface area contributed by atoms with Crippen molar-refractivity contribution in [2.75, 3.05) is 6.54 Å². The van der Waals surface area contributed by atoms with Crippen LogP contribution in [0.3, 0.4) is 0 Å². The Bertz CT molecular complexity index is 583. The van der Waals surface area contributed by atoms with Crippen LogP contribution in [-0.4, -0.2) is 6.54 Å². The van der Waals surface area contributed by atoms with E-state index in [1.165, 1.54) is 17.2 Å². The van der Waals surface area contributed by atoms with Crippen molar-refractivity contribution in [3.8, 4) is 0 Å². The van der Waals surface area contributed by atoms with Crippen molar-refractivity contribution >= 4 is 15.9 Å². The molecular formula is C17H19BrFN. The average molecular weight is 336 g/mol. The molecule has 1 N–H and O–H groups in total. The van der Waals surface area contributed by atoms with Gasteiger partial charge in [0.2, 0.25) is 0 Å². The molecule has 1 atom stereocenters. The van der Waals surface area contributed by atoms with Gasteiger partial charge in [-0.25, -0.2) is 4.39 Å². The van der Waals surface area contributed by atoms with Gasteiger partial charge in [-0.1, -0.05) is 30.3 Å². The predicted molar refractivity (Wildman–Crippen MR) is 85.4 cm³/mol. The number of nitrogens with one attached hydrogen (secondary N) is 1. The Morgan fingerprint density at radius 1 is 1.20 bits per heavy atom. The fourth-order valence-corrected chi connectivity index (χ4v) is 2.61. The smallest absolute Gasteiger partial charge is 0.137 e. The Morgan fingerprint density at radius 3 is 2.65 bits per heavy atom. The third-order valence-corrected chi connectivity index (χ3v) is 4.16. The minimum atomic E-state index is -0.221. The van der Waals surface area contributed by atoms with Gasteiger partial charge in [0.1, 0.15) is 5.82 Å². The molecule has 2 aromatic carbocycles. The number of aryl methyl sites for hydroxylation is 1. The van der Waals surface area contributed by atoms with Crippen LogP contribution in [0, 0.1) is 12.7 Å². The highest BCUT2D eigenvalue weighted by molar-refractivity contribution is 9.10. The Hall–Kier alpha value is -1.19. The summed E-state index contributed by atoms with van der Waals surface area (Å²) < 4.78 is 13.7. The maximum atomic E-state index is 13.2. The lowest BCUT2D eigenvalue weighted by atomic mass is 10.0. The van der Waals surface area contributed by atoms with Crippen molar-refractivity contribution in [3.63, 3.8) is 0 Å². The highest BCUT2D eigenvalue weighted by atomic mass is 79.9. The number of hydrogen-bond donors (Lipinski definition) is 1. The second-order valence-corrected chi connectivity index (χ2v) is 5.88.